The van der Waals surface area contributed by atoms with Gasteiger partial charge < -0.3 is 4.90 Å². The van der Waals surface area contributed by atoms with Crippen molar-refractivity contribution in [2.24, 2.45) is 5.84 Å². The molecule has 15 heavy (non-hydrogen) atoms. The summed E-state index contributed by atoms with van der Waals surface area (Å²) in [6, 6.07) is 5.50. The van der Waals surface area contributed by atoms with Crippen molar-refractivity contribution in [2.45, 2.75) is 13.0 Å². The Bertz CT molecular complexity index is 339. The molecule has 0 aliphatic heterocycles. The van der Waals surface area contributed by atoms with Gasteiger partial charge in [-0.25, -0.2) is 10.2 Å². The number of nitrogens with two attached hydrogens (primary N) is 1. The van der Waals surface area contributed by atoms with E-state index in [1.54, 1.807) is 31.0 Å². The van der Waals surface area contributed by atoms with Crippen LogP contribution in [0.3, 0.4) is 0 Å². The summed E-state index contributed by atoms with van der Waals surface area (Å²) in [5.74, 6) is 4.43. The quantitative estimate of drug-likeness (QED) is 0.438. The van der Waals surface area contributed by atoms with Gasteiger partial charge in [0.1, 0.15) is 11.9 Å². The normalized spacial score (nSPS) is 12.0. The van der Waals surface area contributed by atoms with Crippen molar-refractivity contribution in [3.8, 4) is 0 Å². The lowest BCUT2D eigenvalue weighted by Gasteiger charge is -2.25. The molecule has 0 radical (unpaired) electrons. The van der Waals surface area contributed by atoms with E-state index in [1.165, 1.54) is 12.1 Å². The fourth-order valence-corrected chi connectivity index (χ4v) is 1.20. The van der Waals surface area contributed by atoms with Crippen LogP contribution in [-0.4, -0.2) is 19.0 Å². The topological polar surface area (TPSA) is 58.4 Å². The molecular weight excluding hydrogens is 197 g/mol. The number of amides is 1. The molecule has 0 heterocycles. The molecule has 0 aliphatic rings. The molecule has 1 rings (SSSR count). The van der Waals surface area contributed by atoms with Crippen LogP contribution in [0.2, 0.25) is 0 Å². The highest BCUT2D eigenvalue weighted by atomic mass is 19.1. The number of carbonyl (C=O) groups excluding carboxylic acids is 1. The van der Waals surface area contributed by atoms with E-state index in [2.05, 4.69) is 5.43 Å². The van der Waals surface area contributed by atoms with Crippen LogP contribution in [0.15, 0.2) is 24.3 Å². The van der Waals surface area contributed by atoms with E-state index < -0.39 is 6.04 Å². The minimum absolute atomic E-state index is 0.290. The smallest absolute Gasteiger partial charge is 0.256 e. The van der Waals surface area contributed by atoms with Crippen LogP contribution >= 0.6 is 0 Å². The molecule has 0 bridgehead atoms. The summed E-state index contributed by atoms with van der Waals surface area (Å²) in [5, 5.41) is 0. The van der Waals surface area contributed by atoms with Crippen LogP contribution in [0.4, 0.5) is 10.1 Å². The predicted octanol–water partition coefficient (Wildman–Crippen LogP) is 0.640. The second-order valence-electron chi connectivity index (χ2n) is 3.27. The fourth-order valence-electron chi connectivity index (χ4n) is 1.20. The Balaban J connectivity index is 2.80. The highest BCUT2D eigenvalue weighted by Crippen LogP contribution is 2.15. The number of rotatable bonds is 3. The molecule has 0 aromatic heterocycles. The molecule has 3 N–H and O–H groups in total. The summed E-state index contributed by atoms with van der Waals surface area (Å²) in [5.41, 5.74) is 2.83. The van der Waals surface area contributed by atoms with Gasteiger partial charge in [0.05, 0.1) is 0 Å². The zero-order valence-electron chi connectivity index (χ0n) is 8.70. The van der Waals surface area contributed by atoms with Crippen molar-refractivity contribution in [1.29, 1.82) is 0 Å². The second-order valence-corrected chi connectivity index (χ2v) is 3.27. The maximum atomic E-state index is 12.7. The van der Waals surface area contributed by atoms with E-state index in [1.807, 2.05) is 0 Å². The van der Waals surface area contributed by atoms with Gasteiger partial charge in [0, 0.05) is 12.7 Å². The van der Waals surface area contributed by atoms with Crippen molar-refractivity contribution >= 4 is 11.6 Å². The molecule has 1 aromatic rings. The van der Waals surface area contributed by atoms with Crippen molar-refractivity contribution in [1.82, 2.24) is 5.43 Å². The maximum Gasteiger partial charge on any atom is 0.256 e. The van der Waals surface area contributed by atoms with E-state index in [4.69, 9.17) is 5.84 Å². The third-order valence-electron chi connectivity index (χ3n) is 2.34. The van der Waals surface area contributed by atoms with Crippen molar-refractivity contribution in [3.63, 3.8) is 0 Å². The predicted molar refractivity (Wildman–Crippen MR) is 56.6 cm³/mol. The highest BCUT2D eigenvalue weighted by Gasteiger charge is 2.16. The largest absolute Gasteiger partial charge is 0.363 e. The van der Waals surface area contributed by atoms with Gasteiger partial charge in [-0.05, 0) is 31.2 Å². The lowest BCUT2D eigenvalue weighted by atomic mass is 10.2. The Morgan fingerprint density at radius 3 is 2.47 bits per heavy atom. The molecule has 0 saturated heterocycles. The first kappa shape index (κ1) is 11.5. The number of hydrogen-bond acceptors (Lipinski definition) is 3. The van der Waals surface area contributed by atoms with Crippen LogP contribution in [0.5, 0.6) is 0 Å². The number of hydrazine groups is 1. The SMILES string of the molecule is CC(C(=O)NN)N(C)c1ccc(F)cc1. The summed E-state index contributed by atoms with van der Waals surface area (Å²) in [6.07, 6.45) is 0. The molecule has 0 spiro atoms. The van der Waals surface area contributed by atoms with E-state index in [9.17, 15) is 9.18 Å². The first-order valence-electron chi connectivity index (χ1n) is 4.55. The van der Waals surface area contributed by atoms with Gasteiger partial charge in [0.2, 0.25) is 0 Å². The molecule has 1 amide bonds. The first-order valence-corrected chi connectivity index (χ1v) is 4.55. The van der Waals surface area contributed by atoms with Crippen LogP contribution in [0, 0.1) is 5.82 Å². The average Bonchev–Trinajstić information content (AvgIpc) is 2.27. The molecule has 1 aromatic carbocycles. The monoisotopic (exact) mass is 211 g/mol. The molecular formula is C10H14FN3O. The Kier molecular flexibility index (Phi) is 3.62. The summed E-state index contributed by atoms with van der Waals surface area (Å²) in [4.78, 5) is 13.0. The molecule has 5 heteroatoms. The third-order valence-corrected chi connectivity index (χ3v) is 2.34. The van der Waals surface area contributed by atoms with E-state index in [0.29, 0.717) is 0 Å². The average molecular weight is 211 g/mol. The zero-order chi connectivity index (χ0) is 11.4. The van der Waals surface area contributed by atoms with E-state index >= 15 is 0 Å². The highest BCUT2D eigenvalue weighted by molar-refractivity contribution is 5.84. The number of nitrogens with one attached hydrogen (secondary N) is 1. The van der Waals surface area contributed by atoms with Gasteiger partial charge in [-0.2, -0.15) is 0 Å². The van der Waals surface area contributed by atoms with Crippen molar-refractivity contribution < 1.29 is 9.18 Å². The Hall–Kier alpha value is -1.62. The lowest BCUT2D eigenvalue weighted by Crippen LogP contribution is -2.46. The zero-order valence-corrected chi connectivity index (χ0v) is 8.70. The Labute approximate surface area is 87.8 Å². The first-order chi connectivity index (χ1) is 7.06. The van der Waals surface area contributed by atoms with Gasteiger partial charge in [0.25, 0.3) is 5.91 Å². The standard InChI is InChI=1S/C10H14FN3O/c1-7(10(15)13-12)14(2)9-5-3-8(11)4-6-9/h3-7H,12H2,1-2H3,(H,13,15). The number of likely N-dealkylation sites (N-methyl/N-ethyl adjacent to an activating group) is 1. The molecule has 0 saturated carbocycles. The third kappa shape index (κ3) is 2.66. The number of carbonyl (C=O) groups is 1. The van der Waals surface area contributed by atoms with Crippen LogP contribution in [0.25, 0.3) is 0 Å². The molecule has 0 fully saturated rings. The second kappa shape index (κ2) is 4.75. The molecule has 1 unspecified atom stereocenters. The van der Waals surface area contributed by atoms with Crippen molar-refractivity contribution in [3.05, 3.63) is 30.1 Å². The summed E-state index contributed by atoms with van der Waals surface area (Å²) in [6.45, 7) is 1.71. The fraction of sp³-hybridized carbons (Fsp3) is 0.300. The molecule has 1 atom stereocenters. The number of nitrogens with zero attached hydrogens (tertiary/aromatic N) is 1. The van der Waals surface area contributed by atoms with Gasteiger partial charge in [-0.15, -0.1) is 0 Å². The maximum absolute atomic E-state index is 12.7. The van der Waals surface area contributed by atoms with Gasteiger partial charge in [-0.3, -0.25) is 10.2 Å². The van der Waals surface area contributed by atoms with E-state index in [-0.39, 0.29) is 11.7 Å². The van der Waals surface area contributed by atoms with Gasteiger partial charge >= 0.3 is 0 Å². The lowest BCUT2D eigenvalue weighted by molar-refractivity contribution is -0.122. The van der Waals surface area contributed by atoms with Crippen molar-refractivity contribution in [2.75, 3.05) is 11.9 Å². The van der Waals surface area contributed by atoms with Crippen LogP contribution < -0.4 is 16.2 Å². The summed E-state index contributed by atoms with van der Waals surface area (Å²) < 4.78 is 12.7. The molecule has 4 nitrogen and oxygen atoms in total. The number of hydrogen-bond donors (Lipinski definition) is 2. The van der Waals surface area contributed by atoms with Gasteiger partial charge in [-0.1, -0.05) is 0 Å². The Morgan fingerprint density at radius 1 is 1.47 bits per heavy atom. The molecule has 82 valence electrons. The Morgan fingerprint density at radius 2 is 2.00 bits per heavy atom. The summed E-state index contributed by atoms with van der Waals surface area (Å²) in [7, 11) is 1.74. The van der Waals surface area contributed by atoms with Gasteiger partial charge in [0.15, 0.2) is 0 Å². The van der Waals surface area contributed by atoms with Crippen LogP contribution in [-0.2, 0) is 4.79 Å². The van der Waals surface area contributed by atoms with E-state index in [0.717, 1.165) is 5.69 Å². The summed E-state index contributed by atoms with van der Waals surface area (Å²) >= 11 is 0. The number of anilines is 1. The number of benzene rings is 1. The number of halogens is 1. The minimum Gasteiger partial charge on any atom is -0.363 e. The van der Waals surface area contributed by atoms with Crippen LogP contribution in [0.1, 0.15) is 6.92 Å². The molecule has 0 aliphatic carbocycles. The minimum atomic E-state index is -0.402.